The number of rotatable bonds is 4. The minimum atomic E-state index is -0.597. The first kappa shape index (κ1) is 33.8. The van der Waals surface area contributed by atoms with Crippen molar-refractivity contribution in [3.05, 3.63) is 229 Å². The van der Waals surface area contributed by atoms with Gasteiger partial charge in [-0.25, -0.2) is 15.0 Å². The molecule has 5 nitrogen and oxygen atoms in total. The van der Waals surface area contributed by atoms with Crippen LogP contribution < -0.4 is 4.74 Å². The highest BCUT2D eigenvalue weighted by molar-refractivity contribution is 6.21. The normalized spacial score (nSPS) is 13.2. The van der Waals surface area contributed by atoms with E-state index in [4.69, 9.17) is 19.7 Å². The Morgan fingerprint density at radius 2 is 0.934 bits per heavy atom. The van der Waals surface area contributed by atoms with Gasteiger partial charge in [0.25, 0.3) is 0 Å². The van der Waals surface area contributed by atoms with Gasteiger partial charge in [-0.05, 0) is 93.7 Å². The molecule has 2 aliphatic rings. The van der Waals surface area contributed by atoms with Crippen molar-refractivity contribution in [3.8, 4) is 62.5 Å². The third kappa shape index (κ3) is 4.86. The molecule has 0 saturated heterocycles. The van der Waals surface area contributed by atoms with Crippen LogP contribution in [-0.4, -0.2) is 19.5 Å². The smallest absolute Gasteiger partial charge is 0.164 e. The van der Waals surface area contributed by atoms with Crippen molar-refractivity contribution in [2.45, 2.75) is 5.41 Å². The van der Waals surface area contributed by atoms with Crippen LogP contribution in [0.15, 0.2) is 206 Å². The molecule has 0 radical (unpaired) electrons. The minimum absolute atomic E-state index is 0.596. The van der Waals surface area contributed by atoms with Crippen molar-refractivity contribution in [2.75, 3.05) is 0 Å². The monoisotopic (exact) mass is 778 g/mol. The molecule has 61 heavy (non-hydrogen) atoms. The quantitative estimate of drug-likeness (QED) is 0.179. The molecule has 3 heterocycles. The molecule has 1 aliphatic carbocycles. The Kier molecular flexibility index (Phi) is 7.16. The van der Waals surface area contributed by atoms with Gasteiger partial charge in [0.15, 0.2) is 17.5 Å². The molecule has 0 atom stereocenters. The fraction of sp³-hybridized carbons (Fsp3) is 0.0179. The molecular formula is C56H34N4O. The molecule has 5 heteroatoms. The number of para-hydroxylation sites is 2. The standard InChI is InChI=1S/C56H34N4O/c1-2-15-36(16-3-1)53-57-54(37-26-30-39(31-27-37)60-48-24-12-8-20-43(48)52-40-17-5-4-14-35(40)28-32-49(52)60)59-55(58-53)38-29-33-51-47(34-38)56(46-23-11-13-25-50(46)61-51)44-21-9-6-18-41(44)42-19-7-10-22-45(42)56/h1-34H. The van der Waals surface area contributed by atoms with E-state index >= 15 is 0 Å². The first-order valence-electron chi connectivity index (χ1n) is 20.7. The SMILES string of the molecule is c1ccc(-c2nc(-c3ccc(-n4c5ccccc5c5c6ccccc6ccc54)cc3)nc(-c3ccc4c(c3)C3(c5ccccc5O4)c4ccccc4-c4ccccc43)n2)cc1. The molecule has 1 spiro atoms. The Hall–Kier alpha value is -8.15. The number of hydrogen-bond acceptors (Lipinski definition) is 4. The molecule has 0 unspecified atom stereocenters. The lowest BCUT2D eigenvalue weighted by Crippen LogP contribution is -2.32. The van der Waals surface area contributed by atoms with Crippen molar-refractivity contribution in [1.82, 2.24) is 19.5 Å². The Balaban J connectivity index is 0.986. The second-order valence-electron chi connectivity index (χ2n) is 15.9. The number of nitrogens with zero attached hydrogens (tertiary/aromatic N) is 4. The zero-order chi connectivity index (χ0) is 40.1. The predicted molar refractivity (Wildman–Crippen MR) is 245 cm³/mol. The molecule has 0 bridgehead atoms. The van der Waals surface area contributed by atoms with E-state index in [1.165, 1.54) is 54.8 Å². The van der Waals surface area contributed by atoms with E-state index < -0.39 is 5.41 Å². The summed E-state index contributed by atoms with van der Waals surface area (Å²) < 4.78 is 9.09. The molecule has 13 rings (SSSR count). The summed E-state index contributed by atoms with van der Waals surface area (Å²) in [6.07, 6.45) is 0. The van der Waals surface area contributed by atoms with E-state index in [0.29, 0.717) is 17.5 Å². The number of ether oxygens (including phenoxy) is 1. The maximum atomic E-state index is 6.73. The van der Waals surface area contributed by atoms with Gasteiger partial charge in [0.05, 0.1) is 16.4 Å². The molecule has 9 aromatic carbocycles. The van der Waals surface area contributed by atoms with Crippen molar-refractivity contribution in [3.63, 3.8) is 0 Å². The van der Waals surface area contributed by atoms with Gasteiger partial charge in [0.1, 0.15) is 11.5 Å². The molecule has 0 fully saturated rings. The first-order chi connectivity index (χ1) is 30.2. The van der Waals surface area contributed by atoms with Gasteiger partial charge in [-0.1, -0.05) is 146 Å². The lowest BCUT2D eigenvalue weighted by atomic mass is 9.66. The van der Waals surface area contributed by atoms with E-state index in [1.54, 1.807) is 0 Å². The molecule has 0 N–H and O–H groups in total. The number of hydrogen-bond donors (Lipinski definition) is 0. The highest BCUT2D eigenvalue weighted by atomic mass is 16.5. The summed E-state index contributed by atoms with van der Waals surface area (Å²) in [5.41, 5.74) is 12.7. The second kappa shape index (κ2) is 12.9. The van der Waals surface area contributed by atoms with Crippen LogP contribution in [0.25, 0.3) is 83.6 Å². The summed E-state index contributed by atoms with van der Waals surface area (Å²) in [5, 5.41) is 4.98. The maximum Gasteiger partial charge on any atom is 0.164 e. The Morgan fingerprint density at radius 3 is 1.69 bits per heavy atom. The van der Waals surface area contributed by atoms with E-state index in [2.05, 4.69) is 187 Å². The summed E-state index contributed by atoms with van der Waals surface area (Å²) in [4.78, 5) is 15.6. The lowest BCUT2D eigenvalue weighted by molar-refractivity contribution is 0.436. The highest BCUT2D eigenvalue weighted by Crippen LogP contribution is 2.62. The summed E-state index contributed by atoms with van der Waals surface area (Å²) in [6, 6.07) is 73.0. The number of benzene rings is 9. The Bertz CT molecular complexity index is 3530. The molecule has 2 aromatic heterocycles. The highest BCUT2D eigenvalue weighted by Gasteiger charge is 2.51. The van der Waals surface area contributed by atoms with Crippen LogP contribution in [0.1, 0.15) is 22.3 Å². The van der Waals surface area contributed by atoms with E-state index in [0.717, 1.165) is 45.0 Å². The van der Waals surface area contributed by atoms with Crippen LogP contribution >= 0.6 is 0 Å². The zero-order valence-electron chi connectivity index (χ0n) is 32.8. The Labute approximate surface area is 351 Å². The van der Waals surface area contributed by atoms with Crippen molar-refractivity contribution >= 4 is 32.6 Å². The molecule has 284 valence electrons. The molecular weight excluding hydrogens is 745 g/mol. The fourth-order valence-corrected chi connectivity index (χ4v) is 10.1. The maximum absolute atomic E-state index is 6.73. The third-order valence-electron chi connectivity index (χ3n) is 12.7. The van der Waals surface area contributed by atoms with Crippen LogP contribution in [-0.2, 0) is 5.41 Å². The van der Waals surface area contributed by atoms with Crippen molar-refractivity contribution < 1.29 is 4.74 Å². The topological polar surface area (TPSA) is 52.8 Å². The van der Waals surface area contributed by atoms with Gasteiger partial charge in [-0.15, -0.1) is 0 Å². The van der Waals surface area contributed by atoms with Gasteiger partial charge in [-0.3, -0.25) is 0 Å². The largest absolute Gasteiger partial charge is 0.457 e. The van der Waals surface area contributed by atoms with Crippen molar-refractivity contribution in [2.24, 2.45) is 0 Å². The molecule has 0 amide bonds. The van der Waals surface area contributed by atoms with Crippen LogP contribution in [0, 0.1) is 0 Å². The summed E-state index contributed by atoms with van der Waals surface area (Å²) in [6.45, 7) is 0. The van der Waals surface area contributed by atoms with Gasteiger partial charge < -0.3 is 9.30 Å². The van der Waals surface area contributed by atoms with Gasteiger partial charge in [0, 0.05) is 44.3 Å². The minimum Gasteiger partial charge on any atom is -0.457 e. The van der Waals surface area contributed by atoms with E-state index in [-0.39, 0.29) is 0 Å². The van der Waals surface area contributed by atoms with Gasteiger partial charge in [-0.2, -0.15) is 0 Å². The van der Waals surface area contributed by atoms with Crippen molar-refractivity contribution in [1.29, 1.82) is 0 Å². The fourth-order valence-electron chi connectivity index (χ4n) is 10.1. The third-order valence-corrected chi connectivity index (χ3v) is 12.7. The lowest BCUT2D eigenvalue weighted by Gasteiger charge is -2.39. The van der Waals surface area contributed by atoms with Crippen LogP contribution in [0.4, 0.5) is 0 Å². The number of fused-ring (bicyclic) bond motifs is 14. The van der Waals surface area contributed by atoms with Crippen LogP contribution in [0.5, 0.6) is 11.5 Å². The first-order valence-corrected chi connectivity index (χ1v) is 20.7. The van der Waals surface area contributed by atoms with Gasteiger partial charge >= 0.3 is 0 Å². The summed E-state index contributed by atoms with van der Waals surface area (Å²) in [5.74, 6) is 3.50. The summed E-state index contributed by atoms with van der Waals surface area (Å²) >= 11 is 0. The predicted octanol–water partition coefficient (Wildman–Crippen LogP) is 13.6. The van der Waals surface area contributed by atoms with Gasteiger partial charge in [0.2, 0.25) is 0 Å². The van der Waals surface area contributed by atoms with E-state index in [1.807, 2.05) is 24.3 Å². The van der Waals surface area contributed by atoms with E-state index in [9.17, 15) is 0 Å². The van der Waals surface area contributed by atoms with Crippen LogP contribution in [0.3, 0.4) is 0 Å². The molecule has 11 aromatic rings. The van der Waals surface area contributed by atoms with Crippen LogP contribution in [0.2, 0.25) is 0 Å². The summed E-state index contributed by atoms with van der Waals surface area (Å²) in [7, 11) is 0. The number of aromatic nitrogens is 4. The molecule has 0 saturated carbocycles. The Morgan fingerprint density at radius 1 is 0.377 bits per heavy atom. The average molecular weight is 779 g/mol. The second-order valence-corrected chi connectivity index (χ2v) is 15.9. The molecule has 1 aliphatic heterocycles. The zero-order valence-corrected chi connectivity index (χ0v) is 32.8. The average Bonchev–Trinajstić information content (AvgIpc) is 3.83.